The summed E-state index contributed by atoms with van der Waals surface area (Å²) < 4.78 is 1.03. The summed E-state index contributed by atoms with van der Waals surface area (Å²) in [5, 5.41) is 28.8. The minimum Gasteiger partial charge on any atom is -0.384 e. The lowest BCUT2D eigenvalue weighted by atomic mass is 9.96. The number of nitrogens with zero attached hydrogens (tertiary/aromatic N) is 3. The first-order valence-electron chi connectivity index (χ1n) is 8.44. The molecule has 0 aliphatic heterocycles. The van der Waals surface area contributed by atoms with Crippen molar-refractivity contribution < 1.29 is 10.0 Å². The summed E-state index contributed by atoms with van der Waals surface area (Å²) in [4.78, 5) is 22.8. The fourth-order valence-corrected chi connectivity index (χ4v) is 3.25. The Bertz CT molecular complexity index is 1110. The van der Waals surface area contributed by atoms with Crippen LogP contribution in [0.4, 0.5) is 11.4 Å². The van der Waals surface area contributed by atoms with Crippen LogP contribution in [0.1, 0.15) is 12.5 Å². The van der Waals surface area contributed by atoms with Crippen molar-refractivity contribution >= 4 is 34.6 Å². The number of non-ortho nitro benzene ring substituents is 1. The molecule has 1 aromatic heterocycles. The number of halogens is 2. The van der Waals surface area contributed by atoms with Gasteiger partial charge < -0.3 is 10.4 Å². The Morgan fingerprint density at radius 2 is 1.86 bits per heavy atom. The minimum atomic E-state index is -1.32. The van der Waals surface area contributed by atoms with Crippen LogP contribution in [0.15, 0.2) is 59.5 Å². The van der Waals surface area contributed by atoms with Crippen LogP contribution < -0.4 is 10.9 Å². The Morgan fingerprint density at radius 3 is 2.48 bits per heavy atom. The van der Waals surface area contributed by atoms with E-state index in [9.17, 15) is 20.0 Å². The third-order valence-corrected chi connectivity index (χ3v) is 5.00. The second-order valence-electron chi connectivity index (χ2n) is 6.47. The Labute approximate surface area is 175 Å². The standard InChI is InChI=1S/C19H16Cl2N4O4/c1-19(27,14-4-2-3-5-15(14)20)11-22-16-10-23-24(18(26)17(16)21)12-6-8-13(9-7-12)25(28)29/h2-10,22,27H,11H2,1H3. The molecule has 0 bridgehead atoms. The third-order valence-electron chi connectivity index (χ3n) is 4.30. The maximum atomic E-state index is 12.6. The van der Waals surface area contributed by atoms with Gasteiger partial charge in [-0.2, -0.15) is 9.78 Å². The smallest absolute Gasteiger partial charge is 0.292 e. The molecule has 8 nitrogen and oxygen atoms in total. The van der Waals surface area contributed by atoms with Crippen molar-refractivity contribution in [2.45, 2.75) is 12.5 Å². The van der Waals surface area contributed by atoms with Gasteiger partial charge in [-0.15, -0.1) is 0 Å². The van der Waals surface area contributed by atoms with E-state index in [1.807, 2.05) is 0 Å². The molecule has 2 aromatic carbocycles. The van der Waals surface area contributed by atoms with Crippen molar-refractivity contribution in [3.63, 3.8) is 0 Å². The summed E-state index contributed by atoms with van der Waals surface area (Å²) in [6.07, 6.45) is 1.34. The number of rotatable bonds is 6. The molecule has 29 heavy (non-hydrogen) atoms. The van der Waals surface area contributed by atoms with Gasteiger partial charge in [0.15, 0.2) is 0 Å². The van der Waals surface area contributed by atoms with Crippen LogP contribution in [-0.4, -0.2) is 26.4 Å². The van der Waals surface area contributed by atoms with Crippen LogP contribution in [-0.2, 0) is 5.60 Å². The van der Waals surface area contributed by atoms with E-state index < -0.39 is 16.1 Å². The molecule has 150 valence electrons. The van der Waals surface area contributed by atoms with Gasteiger partial charge in [0, 0.05) is 29.3 Å². The lowest BCUT2D eigenvalue weighted by molar-refractivity contribution is -0.384. The Hall–Kier alpha value is -2.94. The summed E-state index contributed by atoms with van der Waals surface area (Å²) in [5.41, 5.74) is -0.942. The number of nitrogens with one attached hydrogen (secondary N) is 1. The highest BCUT2D eigenvalue weighted by Gasteiger charge is 2.26. The predicted molar refractivity (Wildman–Crippen MR) is 111 cm³/mol. The van der Waals surface area contributed by atoms with E-state index in [4.69, 9.17) is 23.2 Å². The molecule has 3 rings (SSSR count). The summed E-state index contributed by atoms with van der Waals surface area (Å²) >= 11 is 12.3. The van der Waals surface area contributed by atoms with Crippen molar-refractivity contribution in [2.75, 3.05) is 11.9 Å². The van der Waals surface area contributed by atoms with Crippen LogP contribution >= 0.6 is 23.2 Å². The number of benzene rings is 2. The summed E-state index contributed by atoms with van der Waals surface area (Å²) in [7, 11) is 0. The molecule has 0 amide bonds. The zero-order chi connectivity index (χ0) is 21.2. The molecule has 1 unspecified atom stereocenters. The number of anilines is 1. The molecular formula is C19H16Cl2N4O4. The average Bonchev–Trinajstić information content (AvgIpc) is 2.69. The van der Waals surface area contributed by atoms with Crippen LogP contribution in [0, 0.1) is 10.1 Å². The van der Waals surface area contributed by atoms with Gasteiger partial charge in [-0.25, -0.2) is 0 Å². The molecule has 3 aromatic rings. The highest BCUT2D eigenvalue weighted by molar-refractivity contribution is 6.33. The first-order chi connectivity index (χ1) is 13.7. The van der Waals surface area contributed by atoms with Gasteiger partial charge in [0.1, 0.15) is 10.6 Å². The van der Waals surface area contributed by atoms with Gasteiger partial charge in [-0.05, 0) is 25.1 Å². The van der Waals surface area contributed by atoms with E-state index in [1.54, 1.807) is 31.2 Å². The molecule has 0 aliphatic rings. The quantitative estimate of drug-likeness (QED) is 0.451. The molecule has 0 aliphatic carbocycles. The molecular weight excluding hydrogens is 419 g/mol. The van der Waals surface area contributed by atoms with Crippen molar-refractivity contribution in [3.05, 3.63) is 90.8 Å². The number of hydrogen-bond acceptors (Lipinski definition) is 6. The van der Waals surface area contributed by atoms with E-state index in [-0.39, 0.29) is 22.9 Å². The largest absolute Gasteiger partial charge is 0.384 e. The van der Waals surface area contributed by atoms with Crippen LogP contribution in [0.2, 0.25) is 10.0 Å². The van der Waals surface area contributed by atoms with Gasteiger partial charge in [0.25, 0.3) is 11.2 Å². The number of aliphatic hydroxyl groups is 1. The highest BCUT2D eigenvalue weighted by atomic mass is 35.5. The molecule has 0 radical (unpaired) electrons. The Balaban J connectivity index is 1.84. The van der Waals surface area contributed by atoms with E-state index in [1.165, 1.54) is 30.5 Å². The monoisotopic (exact) mass is 434 g/mol. The number of hydrogen-bond donors (Lipinski definition) is 2. The second kappa shape index (κ2) is 8.20. The third kappa shape index (κ3) is 4.40. The first-order valence-corrected chi connectivity index (χ1v) is 9.20. The molecule has 0 spiro atoms. The zero-order valence-corrected chi connectivity index (χ0v) is 16.7. The maximum absolute atomic E-state index is 12.6. The summed E-state index contributed by atoms with van der Waals surface area (Å²) in [6.45, 7) is 1.61. The SMILES string of the molecule is CC(O)(CNc1cnn(-c2ccc([N+](=O)[O-])cc2)c(=O)c1Cl)c1ccccc1Cl. The van der Waals surface area contributed by atoms with Crippen molar-refractivity contribution in [3.8, 4) is 5.69 Å². The van der Waals surface area contributed by atoms with Crippen molar-refractivity contribution in [2.24, 2.45) is 0 Å². The molecule has 0 saturated carbocycles. The normalized spacial score (nSPS) is 13.0. The van der Waals surface area contributed by atoms with E-state index in [2.05, 4.69) is 10.4 Å². The van der Waals surface area contributed by atoms with E-state index >= 15 is 0 Å². The molecule has 10 heteroatoms. The molecule has 0 fully saturated rings. The fraction of sp³-hybridized carbons (Fsp3) is 0.158. The number of nitro benzene ring substituents is 1. The van der Waals surface area contributed by atoms with Crippen molar-refractivity contribution in [1.29, 1.82) is 0 Å². The summed E-state index contributed by atoms with van der Waals surface area (Å²) in [5.74, 6) is 0. The molecule has 1 atom stereocenters. The molecule has 2 N–H and O–H groups in total. The highest BCUT2D eigenvalue weighted by Crippen LogP contribution is 2.29. The maximum Gasteiger partial charge on any atom is 0.292 e. The predicted octanol–water partition coefficient (Wildman–Crippen LogP) is 3.77. The van der Waals surface area contributed by atoms with Gasteiger partial charge in [-0.3, -0.25) is 14.9 Å². The molecule has 0 saturated heterocycles. The summed E-state index contributed by atoms with van der Waals surface area (Å²) in [6, 6.07) is 12.2. The first kappa shape index (κ1) is 20.8. The van der Waals surface area contributed by atoms with Crippen LogP contribution in [0.3, 0.4) is 0 Å². The number of aromatic nitrogens is 2. The topological polar surface area (TPSA) is 110 Å². The minimum absolute atomic E-state index is 0.0269. The van der Waals surface area contributed by atoms with Crippen LogP contribution in [0.25, 0.3) is 5.69 Å². The fourth-order valence-electron chi connectivity index (χ4n) is 2.72. The molecule has 1 heterocycles. The van der Waals surface area contributed by atoms with Gasteiger partial charge >= 0.3 is 0 Å². The van der Waals surface area contributed by atoms with Gasteiger partial charge in [0.2, 0.25) is 0 Å². The average molecular weight is 435 g/mol. The van der Waals surface area contributed by atoms with Gasteiger partial charge in [-0.1, -0.05) is 41.4 Å². The Morgan fingerprint density at radius 1 is 1.21 bits per heavy atom. The van der Waals surface area contributed by atoms with Crippen molar-refractivity contribution in [1.82, 2.24) is 9.78 Å². The van der Waals surface area contributed by atoms with E-state index in [0.717, 1.165) is 4.68 Å². The lowest BCUT2D eigenvalue weighted by Gasteiger charge is -2.26. The van der Waals surface area contributed by atoms with E-state index in [0.29, 0.717) is 16.3 Å². The van der Waals surface area contributed by atoms with Gasteiger partial charge in [0.05, 0.1) is 22.5 Å². The Kier molecular flexibility index (Phi) is 5.88. The van der Waals surface area contributed by atoms with Crippen LogP contribution in [0.5, 0.6) is 0 Å². The zero-order valence-electron chi connectivity index (χ0n) is 15.2. The second-order valence-corrected chi connectivity index (χ2v) is 7.26. The number of nitro groups is 1. The lowest BCUT2D eigenvalue weighted by Crippen LogP contribution is -2.32.